The van der Waals surface area contributed by atoms with E-state index in [1.54, 1.807) is 24.3 Å². The van der Waals surface area contributed by atoms with Crippen LogP contribution in [0.4, 0.5) is 5.69 Å². The van der Waals surface area contributed by atoms with Crippen LogP contribution in [0.15, 0.2) is 48.5 Å². The second kappa shape index (κ2) is 7.98. The number of carbonyl (C=O) groups is 2. The fourth-order valence-corrected chi connectivity index (χ4v) is 1.98. The molecule has 5 nitrogen and oxygen atoms in total. The number of ether oxygens (including phenoxy) is 2. The van der Waals surface area contributed by atoms with Gasteiger partial charge < -0.3 is 14.8 Å². The van der Waals surface area contributed by atoms with Gasteiger partial charge in [-0.15, -0.1) is 0 Å². The van der Waals surface area contributed by atoms with E-state index in [-0.39, 0.29) is 12.5 Å². The largest absolute Gasteiger partial charge is 0.490 e. The van der Waals surface area contributed by atoms with E-state index in [9.17, 15) is 9.59 Å². The van der Waals surface area contributed by atoms with Crippen molar-refractivity contribution in [1.29, 1.82) is 0 Å². The lowest BCUT2D eigenvalue weighted by Crippen LogP contribution is -2.13. The summed E-state index contributed by atoms with van der Waals surface area (Å²) < 4.78 is 10.7. The number of hydrogen-bond donors (Lipinski definition) is 1. The van der Waals surface area contributed by atoms with E-state index in [0.29, 0.717) is 17.9 Å². The Bertz CT molecular complexity index is 680. The summed E-state index contributed by atoms with van der Waals surface area (Å²) in [5.74, 6) is 0.199. The smallest absolute Gasteiger partial charge is 0.338 e. The minimum atomic E-state index is -0.423. The zero-order chi connectivity index (χ0) is 16.7. The van der Waals surface area contributed by atoms with Crippen LogP contribution in [-0.4, -0.2) is 25.1 Å². The molecule has 2 aromatic carbocycles. The molecule has 120 valence electrons. The second-order valence-electron chi connectivity index (χ2n) is 5.01. The highest BCUT2D eigenvalue weighted by Gasteiger charge is 2.07. The summed E-state index contributed by atoms with van der Waals surface area (Å²) in [6.45, 7) is 3.84. The maximum Gasteiger partial charge on any atom is 0.338 e. The lowest BCUT2D eigenvalue weighted by molar-refractivity contribution is -0.114. The minimum absolute atomic E-state index is 0.159. The van der Waals surface area contributed by atoms with Crippen molar-refractivity contribution in [3.8, 4) is 5.75 Å². The molecule has 0 aliphatic rings. The fraction of sp³-hybridized carbons (Fsp3) is 0.222. The van der Waals surface area contributed by atoms with Crippen molar-refractivity contribution >= 4 is 17.6 Å². The van der Waals surface area contributed by atoms with Crippen LogP contribution in [-0.2, 0) is 9.53 Å². The number of amides is 1. The average molecular weight is 313 g/mol. The van der Waals surface area contributed by atoms with E-state index in [1.165, 1.54) is 6.92 Å². The van der Waals surface area contributed by atoms with Gasteiger partial charge in [-0.05, 0) is 42.8 Å². The standard InChI is InChI=1S/C18H19NO4/c1-13-5-3-4-6-17(13)22-11-12-23-18(21)15-7-9-16(10-8-15)19-14(2)20/h3-10H,11-12H2,1-2H3,(H,19,20). The fourth-order valence-electron chi connectivity index (χ4n) is 1.98. The van der Waals surface area contributed by atoms with Crippen LogP contribution in [0, 0.1) is 6.92 Å². The molecule has 0 saturated heterocycles. The molecule has 0 spiro atoms. The number of nitrogens with one attached hydrogen (secondary N) is 1. The molecule has 0 heterocycles. The molecule has 0 aromatic heterocycles. The van der Waals surface area contributed by atoms with Crippen LogP contribution in [0.5, 0.6) is 5.75 Å². The quantitative estimate of drug-likeness (QED) is 0.657. The van der Waals surface area contributed by atoms with Crippen molar-refractivity contribution in [1.82, 2.24) is 0 Å². The van der Waals surface area contributed by atoms with E-state index >= 15 is 0 Å². The van der Waals surface area contributed by atoms with Crippen molar-refractivity contribution in [2.24, 2.45) is 0 Å². The Hall–Kier alpha value is -2.82. The number of rotatable bonds is 6. The molecule has 1 amide bonds. The maximum absolute atomic E-state index is 11.9. The molecule has 2 aromatic rings. The third-order valence-electron chi connectivity index (χ3n) is 3.11. The molecule has 0 aliphatic heterocycles. The van der Waals surface area contributed by atoms with E-state index in [4.69, 9.17) is 9.47 Å². The third kappa shape index (κ3) is 5.14. The summed E-state index contributed by atoms with van der Waals surface area (Å²) >= 11 is 0. The van der Waals surface area contributed by atoms with Gasteiger partial charge in [0, 0.05) is 12.6 Å². The molecule has 5 heteroatoms. The number of para-hydroxylation sites is 1. The van der Waals surface area contributed by atoms with Crippen LogP contribution in [0.25, 0.3) is 0 Å². The molecule has 0 saturated carbocycles. The molecule has 2 rings (SSSR count). The summed E-state index contributed by atoms with van der Waals surface area (Å²) in [7, 11) is 0. The monoisotopic (exact) mass is 313 g/mol. The summed E-state index contributed by atoms with van der Waals surface area (Å²) in [5.41, 5.74) is 2.10. The first-order valence-electron chi connectivity index (χ1n) is 7.29. The van der Waals surface area contributed by atoms with Gasteiger partial charge in [-0.3, -0.25) is 4.79 Å². The molecule has 0 aliphatic carbocycles. The lowest BCUT2D eigenvalue weighted by Gasteiger charge is -2.09. The Morgan fingerprint density at radius 1 is 1.00 bits per heavy atom. The van der Waals surface area contributed by atoms with E-state index in [2.05, 4.69) is 5.32 Å². The summed E-state index contributed by atoms with van der Waals surface area (Å²) in [5, 5.41) is 2.64. The van der Waals surface area contributed by atoms with Crippen molar-refractivity contribution in [3.05, 3.63) is 59.7 Å². The zero-order valence-electron chi connectivity index (χ0n) is 13.2. The Morgan fingerprint density at radius 2 is 1.70 bits per heavy atom. The Morgan fingerprint density at radius 3 is 2.35 bits per heavy atom. The van der Waals surface area contributed by atoms with Crippen molar-refractivity contribution < 1.29 is 19.1 Å². The topological polar surface area (TPSA) is 64.6 Å². The van der Waals surface area contributed by atoms with Gasteiger partial charge in [-0.25, -0.2) is 4.79 Å². The summed E-state index contributed by atoms with van der Waals surface area (Å²) in [6.07, 6.45) is 0. The molecular weight excluding hydrogens is 294 g/mol. The summed E-state index contributed by atoms with van der Waals surface area (Å²) in [4.78, 5) is 22.8. The highest BCUT2D eigenvalue weighted by molar-refractivity contribution is 5.92. The summed E-state index contributed by atoms with van der Waals surface area (Å²) in [6, 6.07) is 14.2. The number of hydrogen-bond acceptors (Lipinski definition) is 4. The van der Waals surface area contributed by atoms with E-state index < -0.39 is 5.97 Å². The highest BCUT2D eigenvalue weighted by atomic mass is 16.6. The van der Waals surface area contributed by atoms with Crippen molar-refractivity contribution in [3.63, 3.8) is 0 Å². The van der Waals surface area contributed by atoms with E-state index in [0.717, 1.165) is 11.3 Å². The minimum Gasteiger partial charge on any atom is -0.490 e. The van der Waals surface area contributed by atoms with E-state index in [1.807, 2.05) is 31.2 Å². The number of esters is 1. The van der Waals surface area contributed by atoms with Crippen LogP contribution in [0.2, 0.25) is 0 Å². The van der Waals surface area contributed by atoms with Gasteiger partial charge >= 0.3 is 5.97 Å². The maximum atomic E-state index is 11.9. The average Bonchev–Trinajstić information content (AvgIpc) is 2.53. The molecular formula is C18H19NO4. The van der Waals surface area contributed by atoms with Gasteiger partial charge in [0.15, 0.2) is 0 Å². The molecule has 0 radical (unpaired) electrons. The predicted octanol–water partition coefficient (Wildman–Crippen LogP) is 3.19. The molecule has 0 bridgehead atoms. The molecule has 0 fully saturated rings. The van der Waals surface area contributed by atoms with Gasteiger partial charge in [0.2, 0.25) is 5.91 Å². The van der Waals surface area contributed by atoms with Gasteiger partial charge in [-0.2, -0.15) is 0 Å². The van der Waals surface area contributed by atoms with Crippen molar-refractivity contribution in [2.75, 3.05) is 18.5 Å². The number of anilines is 1. The molecule has 1 N–H and O–H groups in total. The number of aryl methyl sites for hydroxylation is 1. The van der Waals surface area contributed by atoms with Crippen LogP contribution < -0.4 is 10.1 Å². The molecule has 0 unspecified atom stereocenters. The van der Waals surface area contributed by atoms with Gasteiger partial charge in [-0.1, -0.05) is 18.2 Å². The number of benzene rings is 2. The predicted molar refractivity (Wildman–Crippen MR) is 87.7 cm³/mol. The van der Waals surface area contributed by atoms with Gasteiger partial charge in [0.1, 0.15) is 19.0 Å². The first-order chi connectivity index (χ1) is 11.1. The van der Waals surface area contributed by atoms with Gasteiger partial charge in [0.25, 0.3) is 0 Å². The Balaban J connectivity index is 1.78. The molecule has 23 heavy (non-hydrogen) atoms. The number of carbonyl (C=O) groups excluding carboxylic acids is 2. The van der Waals surface area contributed by atoms with Gasteiger partial charge in [0.05, 0.1) is 5.56 Å². The highest BCUT2D eigenvalue weighted by Crippen LogP contribution is 2.16. The SMILES string of the molecule is CC(=O)Nc1ccc(C(=O)OCCOc2ccccc2C)cc1. The third-order valence-corrected chi connectivity index (χ3v) is 3.11. The second-order valence-corrected chi connectivity index (χ2v) is 5.01. The van der Waals surface area contributed by atoms with Crippen LogP contribution >= 0.6 is 0 Å². The van der Waals surface area contributed by atoms with Crippen LogP contribution in [0.3, 0.4) is 0 Å². The Kier molecular flexibility index (Phi) is 5.74. The zero-order valence-corrected chi connectivity index (χ0v) is 13.2. The molecule has 0 atom stereocenters. The lowest BCUT2D eigenvalue weighted by atomic mass is 10.2. The Labute approximate surface area is 135 Å². The normalized spacial score (nSPS) is 10.0. The first kappa shape index (κ1) is 16.5. The van der Waals surface area contributed by atoms with Crippen LogP contribution in [0.1, 0.15) is 22.8 Å². The van der Waals surface area contributed by atoms with Crippen molar-refractivity contribution in [2.45, 2.75) is 13.8 Å². The first-order valence-corrected chi connectivity index (χ1v) is 7.29.